The highest BCUT2D eigenvalue weighted by Crippen LogP contribution is 2.58. The molecule has 0 N–H and O–H groups in total. The Morgan fingerprint density at radius 3 is 1.19 bits per heavy atom. The van der Waals surface area contributed by atoms with E-state index in [1.807, 2.05) is 0 Å². The molecule has 11 rings (SSSR count). The maximum absolute atomic E-state index is 2.71. The standard InChI is InChI=1S/C70H74N2/c1-13-68(12,71(50-32-26-46(6)27-33-50)52-36-40-56-54-22-18-20-24-60(54)66(8,9)62(56)44-52)48-30-38-58-59-39-31-49(43-65(59)69(14-2,15-3)64(58)42-48)70(16-4,17-5)72(51-34-28-47(7)29-35-51)53-37-41-57-55-23-19-21-25-61(55)67(10,11)63(57)45-53/h18-45H,13-17H2,1-12H3. The Morgan fingerprint density at radius 1 is 0.361 bits per heavy atom. The minimum absolute atomic E-state index is 0.0987. The van der Waals surface area contributed by atoms with Crippen molar-refractivity contribution >= 4 is 22.7 Å². The molecule has 0 saturated heterocycles. The van der Waals surface area contributed by atoms with E-state index < -0.39 is 0 Å². The minimum Gasteiger partial charge on any atom is -0.331 e. The van der Waals surface area contributed by atoms with E-state index in [0.29, 0.717) is 0 Å². The van der Waals surface area contributed by atoms with Crippen molar-refractivity contribution in [2.24, 2.45) is 0 Å². The molecule has 3 aliphatic rings. The van der Waals surface area contributed by atoms with Gasteiger partial charge in [0.1, 0.15) is 0 Å². The van der Waals surface area contributed by atoms with Gasteiger partial charge in [-0.2, -0.15) is 0 Å². The molecule has 0 aliphatic heterocycles. The smallest absolute Gasteiger partial charge is 0.0697 e. The molecule has 0 spiro atoms. The monoisotopic (exact) mass is 943 g/mol. The molecule has 8 aromatic carbocycles. The van der Waals surface area contributed by atoms with E-state index in [2.05, 4.69) is 263 Å². The number of aryl methyl sites for hydroxylation is 2. The number of hydrogen-bond acceptors (Lipinski definition) is 2. The number of hydrogen-bond donors (Lipinski definition) is 0. The Kier molecular flexibility index (Phi) is 11.4. The molecule has 0 aromatic heterocycles. The third kappa shape index (κ3) is 6.80. The maximum Gasteiger partial charge on any atom is 0.0697 e. The summed E-state index contributed by atoms with van der Waals surface area (Å²) in [7, 11) is 0. The van der Waals surface area contributed by atoms with E-state index in [1.165, 1.54) is 112 Å². The van der Waals surface area contributed by atoms with Gasteiger partial charge in [-0.3, -0.25) is 0 Å². The van der Waals surface area contributed by atoms with Gasteiger partial charge in [-0.25, -0.2) is 0 Å². The summed E-state index contributed by atoms with van der Waals surface area (Å²) in [5, 5.41) is 0. The normalized spacial score (nSPS) is 15.9. The molecule has 2 heteroatoms. The molecule has 0 heterocycles. The molecule has 3 aliphatic carbocycles. The van der Waals surface area contributed by atoms with Crippen LogP contribution in [0.4, 0.5) is 22.7 Å². The summed E-state index contributed by atoms with van der Waals surface area (Å²) in [6.45, 7) is 28.5. The van der Waals surface area contributed by atoms with Crippen LogP contribution in [0.15, 0.2) is 170 Å². The molecule has 0 radical (unpaired) electrons. The van der Waals surface area contributed by atoms with Crippen molar-refractivity contribution < 1.29 is 0 Å². The number of benzene rings is 8. The molecule has 72 heavy (non-hydrogen) atoms. The van der Waals surface area contributed by atoms with E-state index in [9.17, 15) is 0 Å². The molecular formula is C70H74N2. The van der Waals surface area contributed by atoms with Gasteiger partial charge in [0.25, 0.3) is 0 Å². The van der Waals surface area contributed by atoms with Gasteiger partial charge in [0, 0.05) is 39.0 Å². The summed E-state index contributed by atoms with van der Waals surface area (Å²) >= 11 is 0. The van der Waals surface area contributed by atoms with Crippen LogP contribution in [0.2, 0.25) is 0 Å². The molecule has 0 fully saturated rings. The highest BCUT2D eigenvalue weighted by molar-refractivity contribution is 5.87. The van der Waals surface area contributed by atoms with Crippen molar-refractivity contribution in [3.63, 3.8) is 0 Å². The largest absolute Gasteiger partial charge is 0.331 e. The van der Waals surface area contributed by atoms with Crippen LogP contribution in [0.1, 0.15) is 157 Å². The van der Waals surface area contributed by atoms with Crippen LogP contribution in [-0.4, -0.2) is 0 Å². The molecule has 2 nitrogen and oxygen atoms in total. The Labute approximate surface area is 431 Å². The Bertz CT molecular complexity index is 3380. The third-order valence-corrected chi connectivity index (χ3v) is 18.7. The topological polar surface area (TPSA) is 6.48 Å². The van der Waals surface area contributed by atoms with Gasteiger partial charge >= 0.3 is 0 Å². The van der Waals surface area contributed by atoms with Gasteiger partial charge in [0.15, 0.2) is 0 Å². The van der Waals surface area contributed by atoms with E-state index in [-0.39, 0.29) is 27.3 Å². The zero-order chi connectivity index (χ0) is 50.5. The summed E-state index contributed by atoms with van der Waals surface area (Å²) < 4.78 is 0. The first-order chi connectivity index (χ1) is 34.6. The van der Waals surface area contributed by atoms with Gasteiger partial charge in [-0.15, -0.1) is 0 Å². The predicted octanol–water partition coefficient (Wildman–Crippen LogP) is 19.3. The molecule has 0 saturated carbocycles. The minimum atomic E-state index is -0.360. The summed E-state index contributed by atoms with van der Waals surface area (Å²) in [5.41, 5.74) is 26.0. The number of fused-ring (bicyclic) bond motifs is 9. The van der Waals surface area contributed by atoms with Crippen LogP contribution >= 0.6 is 0 Å². The molecule has 0 amide bonds. The Morgan fingerprint density at radius 2 is 0.736 bits per heavy atom. The van der Waals surface area contributed by atoms with Crippen LogP contribution in [-0.2, 0) is 27.3 Å². The van der Waals surface area contributed by atoms with E-state index in [1.54, 1.807) is 0 Å². The zero-order valence-electron chi connectivity index (χ0n) is 45.1. The van der Waals surface area contributed by atoms with Crippen molar-refractivity contribution in [3.05, 3.63) is 225 Å². The maximum atomic E-state index is 2.71. The van der Waals surface area contributed by atoms with Gasteiger partial charge in [0.05, 0.1) is 11.1 Å². The summed E-state index contributed by atoms with van der Waals surface area (Å²) in [6.07, 6.45) is 4.88. The average Bonchev–Trinajstić information content (AvgIpc) is 3.92. The van der Waals surface area contributed by atoms with Crippen LogP contribution in [0.3, 0.4) is 0 Å². The molecule has 364 valence electrons. The first-order valence-corrected chi connectivity index (χ1v) is 27.1. The van der Waals surface area contributed by atoms with Crippen LogP contribution < -0.4 is 9.80 Å². The molecule has 1 unspecified atom stereocenters. The SMILES string of the molecule is CCC1(CC)c2cc(C(C)(CC)N(c3ccc(C)cc3)c3ccc4c(c3)C(C)(C)c3ccccc3-4)ccc2-c2ccc(C(CC)(CC)N(c3ccc(C)cc3)c3ccc4c(c3)C(C)(C)c3ccccc3-4)cc21. The predicted molar refractivity (Wildman–Crippen MR) is 308 cm³/mol. The lowest BCUT2D eigenvalue weighted by atomic mass is 9.71. The Balaban J connectivity index is 1.04. The lowest BCUT2D eigenvalue weighted by Crippen LogP contribution is -2.43. The first-order valence-electron chi connectivity index (χ1n) is 27.1. The summed E-state index contributed by atoms with van der Waals surface area (Å²) in [5.74, 6) is 0. The molecule has 1 atom stereocenters. The van der Waals surface area contributed by atoms with Gasteiger partial charge in [0.2, 0.25) is 0 Å². The van der Waals surface area contributed by atoms with Crippen molar-refractivity contribution in [2.75, 3.05) is 9.80 Å². The van der Waals surface area contributed by atoms with Gasteiger partial charge in [-0.05, 0) is 179 Å². The van der Waals surface area contributed by atoms with Gasteiger partial charge in [-0.1, -0.05) is 195 Å². The van der Waals surface area contributed by atoms with Crippen molar-refractivity contribution in [1.29, 1.82) is 0 Å². The molecule has 0 bridgehead atoms. The second-order valence-electron chi connectivity index (χ2n) is 22.8. The van der Waals surface area contributed by atoms with Gasteiger partial charge < -0.3 is 9.80 Å². The van der Waals surface area contributed by atoms with Crippen LogP contribution in [0.5, 0.6) is 0 Å². The van der Waals surface area contributed by atoms with Crippen LogP contribution in [0, 0.1) is 13.8 Å². The van der Waals surface area contributed by atoms with Crippen molar-refractivity contribution in [1.82, 2.24) is 0 Å². The third-order valence-electron chi connectivity index (χ3n) is 18.7. The fourth-order valence-corrected chi connectivity index (χ4v) is 14.1. The van der Waals surface area contributed by atoms with E-state index >= 15 is 0 Å². The number of nitrogens with zero attached hydrogens (tertiary/aromatic N) is 2. The van der Waals surface area contributed by atoms with Crippen molar-refractivity contribution in [3.8, 4) is 33.4 Å². The second-order valence-corrected chi connectivity index (χ2v) is 22.8. The Hall–Kier alpha value is -6.64. The lowest BCUT2D eigenvalue weighted by Gasteiger charge is -2.46. The van der Waals surface area contributed by atoms with E-state index in [0.717, 1.165) is 32.1 Å². The van der Waals surface area contributed by atoms with Crippen molar-refractivity contribution in [2.45, 2.75) is 143 Å². The summed E-state index contributed by atoms with van der Waals surface area (Å²) in [6, 6.07) is 66.3. The average molecular weight is 943 g/mol. The van der Waals surface area contributed by atoms with E-state index in [4.69, 9.17) is 0 Å². The number of rotatable bonds is 13. The molecular weight excluding hydrogens is 869 g/mol. The highest BCUT2D eigenvalue weighted by atomic mass is 15.2. The quantitative estimate of drug-likeness (QED) is 0.114. The number of anilines is 4. The first kappa shape index (κ1) is 47.7. The lowest BCUT2D eigenvalue weighted by molar-refractivity contribution is 0.401. The fourth-order valence-electron chi connectivity index (χ4n) is 14.1. The highest BCUT2D eigenvalue weighted by Gasteiger charge is 2.46. The second kappa shape index (κ2) is 17.3. The zero-order valence-corrected chi connectivity index (χ0v) is 45.1. The van der Waals surface area contributed by atoms with Crippen LogP contribution in [0.25, 0.3) is 33.4 Å². The summed E-state index contributed by atoms with van der Waals surface area (Å²) in [4.78, 5) is 5.36. The fraction of sp³-hybridized carbons (Fsp3) is 0.314. The molecule has 8 aromatic rings.